The lowest BCUT2D eigenvalue weighted by Crippen LogP contribution is -2.47. The Morgan fingerprint density at radius 2 is 2.16 bits per heavy atom. The van der Waals surface area contributed by atoms with E-state index in [4.69, 9.17) is 4.74 Å². The van der Waals surface area contributed by atoms with E-state index in [1.165, 1.54) is 0 Å². The van der Waals surface area contributed by atoms with Gasteiger partial charge in [0.1, 0.15) is 0 Å². The van der Waals surface area contributed by atoms with Crippen LogP contribution in [0.2, 0.25) is 0 Å². The van der Waals surface area contributed by atoms with Gasteiger partial charge in [-0.2, -0.15) is 0 Å². The van der Waals surface area contributed by atoms with Crippen molar-refractivity contribution in [2.75, 3.05) is 19.0 Å². The number of aryl methyl sites for hydroxylation is 1. The van der Waals surface area contributed by atoms with E-state index >= 15 is 0 Å². The van der Waals surface area contributed by atoms with Gasteiger partial charge in [0.15, 0.2) is 0 Å². The average Bonchev–Trinajstić information content (AvgIpc) is 2.35. The zero-order chi connectivity index (χ0) is 13.8. The number of carbonyl (C=O) groups is 1. The van der Waals surface area contributed by atoms with Gasteiger partial charge in [-0.3, -0.25) is 4.79 Å². The molecule has 19 heavy (non-hydrogen) atoms. The fourth-order valence-electron chi connectivity index (χ4n) is 2.33. The standard InChI is InChI=1S/C15H22N2O2/c1-4-16-14-6-5-10(2)7-13(14)15(18)17-11-8-12(9-11)19-3/h5-7,11-12,16H,4,8-9H2,1-3H3,(H,17,18). The number of amides is 1. The van der Waals surface area contributed by atoms with Crippen molar-refractivity contribution in [2.45, 2.75) is 38.8 Å². The number of ether oxygens (including phenoxy) is 1. The maximum atomic E-state index is 12.3. The van der Waals surface area contributed by atoms with Crippen LogP contribution in [0.5, 0.6) is 0 Å². The van der Waals surface area contributed by atoms with Gasteiger partial charge in [-0.15, -0.1) is 0 Å². The molecule has 1 aromatic rings. The summed E-state index contributed by atoms with van der Waals surface area (Å²) in [7, 11) is 1.71. The molecule has 0 radical (unpaired) electrons. The number of carbonyl (C=O) groups excluding carboxylic acids is 1. The molecule has 1 aliphatic carbocycles. The van der Waals surface area contributed by atoms with Crippen LogP contribution < -0.4 is 10.6 Å². The highest BCUT2D eigenvalue weighted by atomic mass is 16.5. The molecule has 0 unspecified atom stereocenters. The van der Waals surface area contributed by atoms with Gasteiger partial charge in [0.05, 0.1) is 11.7 Å². The third-order valence-corrected chi connectivity index (χ3v) is 3.55. The number of anilines is 1. The first kappa shape index (κ1) is 13.9. The van der Waals surface area contributed by atoms with Gasteiger partial charge >= 0.3 is 0 Å². The Hall–Kier alpha value is -1.55. The molecule has 0 atom stereocenters. The van der Waals surface area contributed by atoms with E-state index in [0.29, 0.717) is 6.10 Å². The van der Waals surface area contributed by atoms with Gasteiger partial charge in [-0.05, 0) is 38.8 Å². The third kappa shape index (κ3) is 3.26. The van der Waals surface area contributed by atoms with E-state index in [2.05, 4.69) is 10.6 Å². The number of rotatable bonds is 5. The molecule has 1 fully saturated rings. The van der Waals surface area contributed by atoms with Crippen molar-refractivity contribution in [1.29, 1.82) is 0 Å². The van der Waals surface area contributed by atoms with Crippen molar-refractivity contribution in [1.82, 2.24) is 5.32 Å². The van der Waals surface area contributed by atoms with Crippen molar-refractivity contribution >= 4 is 11.6 Å². The SMILES string of the molecule is CCNc1ccc(C)cc1C(=O)NC1CC(OC)C1. The summed E-state index contributed by atoms with van der Waals surface area (Å²) in [5, 5.41) is 6.29. The lowest BCUT2D eigenvalue weighted by atomic mass is 9.89. The molecule has 0 aliphatic heterocycles. The van der Waals surface area contributed by atoms with E-state index in [0.717, 1.165) is 36.2 Å². The predicted octanol–water partition coefficient (Wildman–Crippen LogP) is 2.33. The summed E-state index contributed by atoms with van der Waals surface area (Å²) < 4.78 is 5.22. The molecule has 1 aliphatic rings. The molecule has 1 aromatic carbocycles. The van der Waals surface area contributed by atoms with E-state index < -0.39 is 0 Å². The maximum Gasteiger partial charge on any atom is 0.253 e. The van der Waals surface area contributed by atoms with Gasteiger partial charge in [0.2, 0.25) is 0 Å². The molecule has 4 heteroatoms. The van der Waals surface area contributed by atoms with Crippen LogP contribution in [-0.2, 0) is 4.74 Å². The van der Waals surface area contributed by atoms with Crippen LogP contribution in [0.3, 0.4) is 0 Å². The molecule has 0 bridgehead atoms. The summed E-state index contributed by atoms with van der Waals surface area (Å²) in [5.74, 6) is -0.000738. The normalized spacial score (nSPS) is 21.6. The van der Waals surface area contributed by atoms with Crippen LogP contribution in [0.1, 0.15) is 35.7 Å². The molecule has 1 saturated carbocycles. The quantitative estimate of drug-likeness (QED) is 0.856. The van der Waals surface area contributed by atoms with E-state index in [1.54, 1.807) is 7.11 Å². The summed E-state index contributed by atoms with van der Waals surface area (Å²) in [4.78, 5) is 12.3. The van der Waals surface area contributed by atoms with Gasteiger partial charge < -0.3 is 15.4 Å². The molecule has 104 valence electrons. The molecule has 0 saturated heterocycles. The van der Waals surface area contributed by atoms with Crippen molar-refractivity contribution in [3.63, 3.8) is 0 Å². The average molecular weight is 262 g/mol. The predicted molar refractivity (Wildman–Crippen MR) is 76.6 cm³/mol. The molecule has 2 rings (SSSR count). The Morgan fingerprint density at radius 3 is 2.79 bits per heavy atom. The lowest BCUT2D eigenvalue weighted by Gasteiger charge is -2.34. The van der Waals surface area contributed by atoms with Gasteiger partial charge in [0.25, 0.3) is 5.91 Å². The molecular weight excluding hydrogens is 240 g/mol. The van der Waals surface area contributed by atoms with Crippen molar-refractivity contribution < 1.29 is 9.53 Å². The summed E-state index contributed by atoms with van der Waals surface area (Å²) in [5.41, 5.74) is 2.71. The molecule has 2 N–H and O–H groups in total. The molecular formula is C15H22N2O2. The highest BCUT2D eigenvalue weighted by Gasteiger charge is 2.30. The second-order valence-electron chi connectivity index (χ2n) is 5.08. The van der Waals surface area contributed by atoms with E-state index in [-0.39, 0.29) is 11.9 Å². The summed E-state index contributed by atoms with van der Waals surface area (Å²) in [6, 6.07) is 6.15. The minimum atomic E-state index is -0.000738. The zero-order valence-corrected chi connectivity index (χ0v) is 11.8. The molecule has 1 amide bonds. The van der Waals surface area contributed by atoms with E-state index in [1.807, 2.05) is 32.0 Å². The third-order valence-electron chi connectivity index (χ3n) is 3.55. The van der Waals surface area contributed by atoms with Gasteiger partial charge in [0, 0.05) is 25.4 Å². The Balaban J connectivity index is 2.03. The van der Waals surface area contributed by atoms with Gasteiger partial charge in [-0.1, -0.05) is 11.6 Å². The maximum absolute atomic E-state index is 12.3. The highest BCUT2D eigenvalue weighted by Crippen LogP contribution is 2.24. The van der Waals surface area contributed by atoms with Crippen LogP contribution in [0, 0.1) is 6.92 Å². The minimum absolute atomic E-state index is 0.000738. The fraction of sp³-hybridized carbons (Fsp3) is 0.533. The lowest BCUT2D eigenvalue weighted by molar-refractivity contribution is 0.0176. The highest BCUT2D eigenvalue weighted by molar-refractivity contribution is 6.00. The summed E-state index contributed by atoms with van der Waals surface area (Å²) in [6.45, 7) is 4.83. The number of benzene rings is 1. The monoisotopic (exact) mass is 262 g/mol. The minimum Gasteiger partial charge on any atom is -0.385 e. The number of hydrogen-bond donors (Lipinski definition) is 2. The fourth-order valence-corrected chi connectivity index (χ4v) is 2.33. The summed E-state index contributed by atoms with van der Waals surface area (Å²) in [6.07, 6.45) is 2.12. The number of methoxy groups -OCH3 is 1. The van der Waals surface area contributed by atoms with Crippen LogP contribution in [-0.4, -0.2) is 31.7 Å². The van der Waals surface area contributed by atoms with Crippen LogP contribution in [0.15, 0.2) is 18.2 Å². The van der Waals surface area contributed by atoms with Gasteiger partial charge in [-0.25, -0.2) is 0 Å². The summed E-state index contributed by atoms with van der Waals surface area (Å²) >= 11 is 0. The topological polar surface area (TPSA) is 50.4 Å². The van der Waals surface area contributed by atoms with Crippen molar-refractivity contribution in [3.8, 4) is 0 Å². The second-order valence-corrected chi connectivity index (χ2v) is 5.08. The Bertz CT molecular complexity index is 453. The Kier molecular flexibility index (Phi) is 4.43. The molecule has 0 aromatic heterocycles. The first-order chi connectivity index (χ1) is 9.13. The molecule has 0 spiro atoms. The first-order valence-corrected chi connectivity index (χ1v) is 6.82. The smallest absolute Gasteiger partial charge is 0.253 e. The second kappa shape index (κ2) is 6.06. The van der Waals surface area contributed by atoms with Crippen LogP contribution in [0.4, 0.5) is 5.69 Å². The number of hydrogen-bond acceptors (Lipinski definition) is 3. The van der Waals surface area contributed by atoms with Crippen LogP contribution in [0.25, 0.3) is 0 Å². The van der Waals surface area contributed by atoms with Crippen molar-refractivity contribution in [3.05, 3.63) is 29.3 Å². The zero-order valence-electron chi connectivity index (χ0n) is 11.8. The first-order valence-electron chi connectivity index (χ1n) is 6.82. The van der Waals surface area contributed by atoms with E-state index in [9.17, 15) is 4.79 Å². The molecule has 4 nitrogen and oxygen atoms in total. The Morgan fingerprint density at radius 1 is 1.42 bits per heavy atom. The van der Waals surface area contributed by atoms with Crippen molar-refractivity contribution in [2.24, 2.45) is 0 Å². The molecule has 0 heterocycles. The number of nitrogens with one attached hydrogen (secondary N) is 2. The Labute approximate surface area is 114 Å². The van der Waals surface area contributed by atoms with Crippen LogP contribution >= 0.6 is 0 Å². The largest absolute Gasteiger partial charge is 0.385 e.